The van der Waals surface area contributed by atoms with Gasteiger partial charge in [0.1, 0.15) is 0 Å². The van der Waals surface area contributed by atoms with Crippen LogP contribution in [0.5, 0.6) is 0 Å². The molecule has 112 valence electrons. The Balaban J connectivity index is 1.46. The van der Waals surface area contributed by atoms with Gasteiger partial charge in [-0.2, -0.15) is 0 Å². The van der Waals surface area contributed by atoms with Crippen LogP contribution < -0.4 is 4.90 Å². The van der Waals surface area contributed by atoms with Crippen molar-refractivity contribution in [2.24, 2.45) is 0 Å². The highest BCUT2D eigenvalue weighted by molar-refractivity contribution is 5.96. The van der Waals surface area contributed by atoms with Gasteiger partial charge in [-0.25, -0.2) is 0 Å². The van der Waals surface area contributed by atoms with Crippen molar-refractivity contribution in [3.8, 4) is 0 Å². The third-order valence-electron chi connectivity index (χ3n) is 4.76. The standard InChI is InChI=1S/C19H20N2O/c22-19(21-12-10-16-6-3-4-8-18(16)21)14-20-11-9-15-5-1-2-7-17(15)13-20/h1-8H,9-14H2. The lowest BCUT2D eigenvalue weighted by Gasteiger charge is -2.29. The summed E-state index contributed by atoms with van der Waals surface area (Å²) in [6.45, 7) is 3.20. The molecule has 4 rings (SSSR count). The van der Waals surface area contributed by atoms with Crippen LogP contribution in [0.2, 0.25) is 0 Å². The van der Waals surface area contributed by atoms with Gasteiger partial charge in [-0.3, -0.25) is 9.69 Å². The number of carbonyl (C=O) groups is 1. The maximum absolute atomic E-state index is 12.7. The van der Waals surface area contributed by atoms with Crippen LogP contribution in [0.1, 0.15) is 16.7 Å². The van der Waals surface area contributed by atoms with Crippen molar-refractivity contribution in [1.29, 1.82) is 0 Å². The molecule has 2 heterocycles. The molecule has 2 aliphatic heterocycles. The molecule has 0 bridgehead atoms. The number of carbonyl (C=O) groups excluding carboxylic acids is 1. The van der Waals surface area contributed by atoms with E-state index >= 15 is 0 Å². The minimum absolute atomic E-state index is 0.226. The summed E-state index contributed by atoms with van der Waals surface area (Å²) in [4.78, 5) is 16.9. The zero-order chi connectivity index (χ0) is 14.9. The molecule has 0 saturated heterocycles. The third-order valence-corrected chi connectivity index (χ3v) is 4.76. The molecule has 2 aliphatic rings. The van der Waals surface area contributed by atoms with Gasteiger partial charge in [-0.05, 0) is 35.6 Å². The van der Waals surface area contributed by atoms with E-state index in [1.165, 1.54) is 16.7 Å². The lowest BCUT2D eigenvalue weighted by molar-refractivity contribution is -0.119. The average Bonchev–Trinajstić information content (AvgIpc) is 2.99. The molecule has 3 heteroatoms. The molecule has 0 unspecified atom stereocenters. The van der Waals surface area contributed by atoms with Crippen molar-refractivity contribution in [3.63, 3.8) is 0 Å². The molecule has 1 amide bonds. The number of amides is 1. The van der Waals surface area contributed by atoms with Crippen molar-refractivity contribution in [2.75, 3.05) is 24.5 Å². The van der Waals surface area contributed by atoms with E-state index in [4.69, 9.17) is 0 Å². The SMILES string of the molecule is O=C(CN1CCc2ccccc2C1)N1CCc2ccccc21. The molecule has 0 spiro atoms. The van der Waals surface area contributed by atoms with Crippen molar-refractivity contribution in [3.05, 3.63) is 65.2 Å². The van der Waals surface area contributed by atoms with Crippen LogP contribution in [0.3, 0.4) is 0 Å². The molecule has 2 aromatic carbocycles. The summed E-state index contributed by atoms with van der Waals surface area (Å²) < 4.78 is 0. The number of benzene rings is 2. The Morgan fingerprint density at radius 2 is 1.55 bits per heavy atom. The maximum atomic E-state index is 12.7. The monoisotopic (exact) mass is 292 g/mol. The number of anilines is 1. The fourth-order valence-electron chi connectivity index (χ4n) is 3.56. The first-order valence-corrected chi connectivity index (χ1v) is 7.99. The predicted octanol–water partition coefficient (Wildman–Crippen LogP) is 2.63. The minimum Gasteiger partial charge on any atom is -0.311 e. The second-order valence-corrected chi connectivity index (χ2v) is 6.15. The summed E-state index contributed by atoms with van der Waals surface area (Å²) in [5.41, 5.74) is 5.19. The Labute approximate surface area is 131 Å². The molecular weight excluding hydrogens is 272 g/mol. The molecule has 22 heavy (non-hydrogen) atoms. The second-order valence-electron chi connectivity index (χ2n) is 6.15. The van der Waals surface area contributed by atoms with Gasteiger partial charge < -0.3 is 4.90 Å². The predicted molar refractivity (Wildman–Crippen MR) is 87.9 cm³/mol. The summed E-state index contributed by atoms with van der Waals surface area (Å²) in [6, 6.07) is 16.8. The maximum Gasteiger partial charge on any atom is 0.241 e. The number of fused-ring (bicyclic) bond motifs is 2. The quantitative estimate of drug-likeness (QED) is 0.849. The lowest BCUT2D eigenvalue weighted by Crippen LogP contribution is -2.41. The molecule has 2 aromatic rings. The third kappa shape index (κ3) is 2.42. The van der Waals surface area contributed by atoms with Crippen LogP contribution in [0.25, 0.3) is 0 Å². The zero-order valence-electron chi connectivity index (χ0n) is 12.7. The van der Waals surface area contributed by atoms with Gasteiger partial charge in [0.2, 0.25) is 5.91 Å². The van der Waals surface area contributed by atoms with Gasteiger partial charge in [0.05, 0.1) is 6.54 Å². The Hall–Kier alpha value is -2.13. The molecule has 0 radical (unpaired) electrons. The van der Waals surface area contributed by atoms with Gasteiger partial charge in [0.25, 0.3) is 0 Å². The Morgan fingerprint density at radius 1 is 0.864 bits per heavy atom. The average molecular weight is 292 g/mol. The summed E-state index contributed by atoms with van der Waals surface area (Å²) >= 11 is 0. The van der Waals surface area contributed by atoms with E-state index in [0.717, 1.165) is 38.2 Å². The van der Waals surface area contributed by atoms with Crippen molar-refractivity contribution in [1.82, 2.24) is 4.90 Å². The van der Waals surface area contributed by atoms with Crippen molar-refractivity contribution in [2.45, 2.75) is 19.4 Å². The van der Waals surface area contributed by atoms with Gasteiger partial charge in [-0.1, -0.05) is 42.5 Å². The van der Waals surface area contributed by atoms with E-state index in [2.05, 4.69) is 41.3 Å². The summed E-state index contributed by atoms with van der Waals surface area (Å²) in [6.07, 6.45) is 2.02. The number of rotatable bonds is 2. The molecule has 0 atom stereocenters. The minimum atomic E-state index is 0.226. The highest BCUT2D eigenvalue weighted by atomic mass is 16.2. The van der Waals surface area contributed by atoms with Gasteiger partial charge in [0.15, 0.2) is 0 Å². The Kier molecular flexibility index (Phi) is 3.43. The highest BCUT2D eigenvalue weighted by Crippen LogP contribution is 2.28. The zero-order valence-corrected chi connectivity index (χ0v) is 12.7. The smallest absolute Gasteiger partial charge is 0.241 e. The highest BCUT2D eigenvalue weighted by Gasteiger charge is 2.26. The van der Waals surface area contributed by atoms with Crippen LogP contribution in [-0.2, 0) is 24.2 Å². The first-order chi connectivity index (χ1) is 10.8. The Morgan fingerprint density at radius 3 is 2.41 bits per heavy atom. The first kappa shape index (κ1) is 13.5. The molecule has 0 aliphatic carbocycles. The molecule has 0 saturated carbocycles. The van der Waals surface area contributed by atoms with E-state index in [1.807, 2.05) is 17.0 Å². The summed E-state index contributed by atoms with van der Waals surface area (Å²) in [7, 11) is 0. The summed E-state index contributed by atoms with van der Waals surface area (Å²) in [5.74, 6) is 0.226. The van der Waals surface area contributed by atoms with E-state index in [0.29, 0.717) is 6.54 Å². The second kappa shape index (κ2) is 5.58. The molecule has 3 nitrogen and oxygen atoms in total. The van der Waals surface area contributed by atoms with E-state index in [9.17, 15) is 4.79 Å². The molecule has 0 N–H and O–H groups in total. The van der Waals surface area contributed by atoms with Crippen LogP contribution in [0.15, 0.2) is 48.5 Å². The topological polar surface area (TPSA) is 23.6 Å². The van der Waals surface area contributed by atoms with Crippen LogP contribution in [0.4, 0.5) is 5.69 Å². The van der Waals surface area contributed by atoms with Crippen LogP contribution >= 0.6 is 0 Å². The fourth-order valence-corrected chi connectivity index (χ4v) is 3.56. The number of nitrogens with zero attached hydrogens (tertiary/aromatic N) is 2. The molecule has 0 fully saturated rings. The lowest BCUT2D eigenvalue weighted by atomic mass is 10.00. The molecular formula is C19H20N2O. The van der Waals surface area contributed by atoms with E-state index in [-0.39, 0.29) is 5.91 Å². The van der Waals surface area contributed by atoms with Crippen molar-refractivity contribution < 1.29 is 4.79 Å². The fraction of sp³-hybridized carbons (Fsp3) is 0.316. The van der Waals surface area contributed by atoms with Crippen LogP contribution in [-0.4, -0.2) is 30.4 Å². The number of hydrogen-bond acceptors (Lipinski definition) is 2. The number of para-hydroxylation sites is 1. The van der Waals surface area contributed by atoms with Gasteiger partial charge >= 0.3 is 0 Å². The van der Waals surface area contributed by atoms with E-state index < -0.39 is 0 Å². The van der Waals surface area contributed by atoms with Crippen LogP contribution in [0, 0.1) is 0 Å². The van der Waals surface area contributed by atoms with Gasteiger partial charge in [0, 0.05) is 25.3 Å². The summed E-state index contributed by atoms with van der Waals surface area (Å²) in [5, 5.41) is 0. The largest absolute Gasteiger partial charge is 0.311 e. The Bertz CT molecular complexity index is 710. The number of hydrogen-bond donors (Lipinski definition) is 0. The van der Waals surface area contributed by atoms with E-state index in [1.54, 1.807) is 0 Å². The normalized spacial score (nSPS) is 17.2. The molecule has 0 aromatic heterocycles. The first-order valence-electron chi connectivity index (χ1n) is 7.99. The van der Waals surface area contributed by atoms with Gasteiger partial charge in [-0.15, -0.1) is 0 Å². The van der Waals surface area contributed by atoms with Crippen molar-refractivity contribution >= 4 is 11.6 Å².